The van der Waals surface area contributed by atoms with Crippen LogP contribution in [-0.2, 0) is 28.3 Å². The van der Waals surface area contributed by atoms with Gasteiger partial charge >= 0.3 is 5.76 Å². The number of hydrogen-bond donors (Lipinski definition) is 1. The standard InChI is InChI=1S/C25H23N3O6S/c1-27-19-12-11-18(15-22(19)34-25(27)30)35(31,32)28-16-23(33-21-10-6-5-9-20(21)28)24(29)26-14-13-17-7-3-2-4-8-17/h2-12,15,23H,13-14,16H2,1H3,(H,26,29)/t23-/m0/s1. The average molecular weight is 494 g/mol. The van der Waals surface area contributed by atoms with Crippen LogP contribution in [0.4, 0.5) is 5.69 Å². The van der Waals surface area contributed by atoms with Gasteiger partial charge in [0.05, 0.1) is 22.6 Å². The van der Waals surface area contributed by atoms with Gasteiger partial charge in [-0.05, 0) is 36.2 Å². The molecule has 1 amide bonds. The number of amides is 1. The third-order valence-electron chi connectivity index (χ3n) is 5.93. The molecule has 1 N–H and O–H groups in total. The van der Waals surface area contributed by atoms with Crippen molar-refractivity contribution in [2.75, 3.05) is 17.4 Å². The number of nitrogens with zero attached hydrogens (tertiary/aromatic N) is 2. The molecular formula is C25H23N3O6S. The molecule has 0 radical (unpaired) electrons. The first-order valence-corrected chi connectivity index (χ1v) is 12.5. The Morgan fingerprint density at radius 1 is 1.06 bits per heavy atom. The number of oxazole rings is 1. The maximum absolute atomic E-state index is 13.7. The molecule has 4 aromatic rings. The maximum atomic E-state index is 13.7. The molecule has 5 rings (SSSR count). The number of hydrogen-bond acceptors (Lipinski definition) is 6. The van der Waals surface area contributed by atoms with Crippen molar-refractivity contribution in [2.24, 2.45) is 7.05 Å². The molecule has 35 heavy (non-hydrogen) atoms. The first-order valence-electron chi connectivity index (χ1n) is 11.0. The summed E-state index contributed by atoms with van der Waals surface area (Å²) < 4.78 is 40.8. The number of carbonyl (C=O) groups excluding carboxylic acids is 1. The normalized spacial score (nSPS) is 15.5. The number of aryl methyl sites for hydroxylation is 1. The number of carbonyl (C=O) groups is 1. The number of para-hydroxylation sites is 2. The van der Waals surface area contributed by atoms with Crippen molar-refractivity contribution in [3.8, 4) is 5.75 Å². The van der Waals surface area contributed by atoms with Gasteiger partial charge in [-0.3, -0.25) is 13.7 Å². The molecule has 0 spiro atoms. The Morgan fingerprint density at radius 3 is 2.60 bits per heavy atom. The van der Waals surface area contributed by atoms with Gasteiger partial charge in [0.2, 0.25) is 0 Å². The smallest absolute Gasteiger partial charge is 0.419 e. The summed E-state index contributed by atoms with van der Waals surface area (Å²) in [5.41, 5.74) is 2.05. The second-order valence-corrected chi connectivity index (χ2v) is 10.1. The molecule has 9 nitrogen and oxygen atoms in total. The fourth-order valence-corrected chi connectivity index (χ4v) is 5.55. The molecule has 180 valence electrons. The Kier molecular flexibility index (Phi) is 5.81. The molecule has 1 atom stereocenters. The van der Waals surface area contributed by atoms with E-state index in [9.17, 15) is 18.0 Å². The zero-order valence-corrected chi connectivity index (χ0v) is 19.7. The van der Waals surface area contributed by atoms with Gasteiger partial charge in [-0.25, -0.2) is 13.2 Å². The second kappa shape index (κ2) is 8.95. The number of ether oxygens (including phenoxy) is 1. The molecule has 2 heterocycles. The number of benzene rings is 3. The van der Waals surface area contributed by atoms with Crippen LogP contribution in [-0.4, -0.2) is 38.1 Å². The molecule has 0 saturated heterocycles. The summed E-state index contributed by atoms with van der Waals surface area (Å²) in [6.45, 7) is 0.189. The summed E-state index contributed by atoms with van der Waals surface area (Å²) in [5, 5.41) is 2.84. The Balaban J connectivity index is 1.41. The summed E-state index contributed by atoms with van der Waals surface area (Å²) >= 11 is 0. The molecular weight excluding hydrogens is 470 g/mol. The predicted octanol–water partition coefficient (Wildman–Crippen LogP) is 2.45. The van der Waals surface area contributed by atoms with E-state index in [0.717, 1.165) is 9.87 Å². The molecule has 3 aromatic carbocycles. The van der Waals surface area contributed by atoms with Crippen molar-refractivity contribution >= 4 is 32.7 Å². The van der Waals surface area contributed by atoms with E-state index < -0.39 is 27.8 Å². The minimum atomic E-state index is -4.10. The van der Waals surface area contributed by atoms with Gasteiger partial charge in [0.1, 0.15) is 5.75 Å². The highest BCUT2D eigenvalue weighted by Gasteiger charge is 2.37. The van der Waals surface area contributed by atoms with Crippen molar-refractivity contribution < 1.29 is 22.4 Å². The Bertz CT molecular complexity index is 1560. The predicted molar refractivity (Wildman–Crippen MR) is 130 cm³/mol. The lowest BCUT2D eigenvalue weighted by molar-refractivity contribution is -0.127. The van der Waals surface area contributed by atoms with E-state index in [1.165, 1.54) is 22.8 Å². The minimum Gasteiger partial charge on any atom is -0.476 e. The van der Waals surface area contributed by atoms with Crippen molar-refractivity contribution in [2.45, 2.75) is 17.4 Å². The van der Waals surface area contributed by atoms with Gasteiger partial charge in [-0.1, -0.05) is 42.5 Å². The third-order valence-corrected chi connectivity index (χ3v) is 7.71. The van der Waals surface area contributed by atoms with E-state index in [4.69, 9.17) is 9.15 Å². The van der Waals surface area contributed by atoms with Crippen LogP contribution in [0.1, 0.15) is 5.56 Å². The Morgan fingerprint density at radius 2 is 1.80 bits per heavy atom. The van der Waals surface area contributed by atoms with Crippen molar-refractivity contribution in [3.63, 3.8) is 0 Å². The van der Waals surface area contributed by atoms with Crippen LogP contribution in [0.2, 0.25) is 0 Å². The SMILES string of the molecule is Cn1c(=O)oc2cc(S(=O)(=O)N3C[C@@H](C(=O)NCCc4ccccc4)Oc4ccccc43)ccc21. The summed E-state index contributed by atoms with van der Waals surface area (Å²) in [7, 11) is -2.56. The summed E-state index contributed by atoms with van der Waals surface area (Å²) in [4.78, 5) is 24.7. The molecule has 0 saturated carbocycles. The highest BCUT2D eigenvalue weighted by atomic mass is 32.2. The zero-order chi connectivity index (χ0) is 24.6. The number of fused-ring (bicyclic) bond motifs is 2. The molecule has 10 heteroatoms. The highest BCUT2D eigenvalue weighted by Crippen LogP contribution is 2.37. The van der Waals surface area contributed by atoms with Crippen LogP contribution in [0.5, 0.6) is 5.75 Å². The lowest BCUT2D eigenvalue weighted by atomic mass is 10.1. The molecule has 1 aliphatic heterocycles. The summed E-state index contributed by atoms with van der Waals surface area (Å²) in [5.74, 6) is -0.698. The molecule has 0 fully saturated rings. The van der Waals surface area contributed by atoms with Crippen LogP contribution < -0.4 is 20.1 Å². The van der Waals surface area contributed by atoms with Crippen LogP contribution in [0, 0.1) is 0 Å². The second-order valence-electron chi connectivity index (χ2n) is 8.19. The van der Waals surface area contributed by atoms with Crippen LogP contribution >= 0.6 is 0 Å². The van der Waals surface area contributed by atoms with E-state index >= 15 is 0 Å². The number of rotatable bonds is 6. The number of aromatic nitrogens is 1. The van der Waals surface area contributed by atoms with Crippen molar-refractivity contribution in [1.82, 2.24) is 9.88 Å². The number of anilines is 1. The Labute approximate surface area is 201 Å². The van der Waals surface area contributed by atoms with Crippen LogP contribution in [0.15, 0.2) is 86.9 Å². The largest absolute Gasteiger partial charge is 0.476 e. The topological polar surface area (TPSA) is 111 Å². The van der Waals surface area contributed by atoms with E-state index in [1.54, 1.807) is 31.3 Å². The minimum absolute atomic E-state index is 0.0562. The van der Waals surface area contributed by atoms with Gasteiger partial charge in [0.25, 0.3) is 15.9 Å². The van der Waals surface area contributed by atoms with E-state index in [1.807, 2.05) is 30.3 Å². The van der Waals surface area contributed by atoms with Gasteiger partial charge < -0.3 is 14.5 Å². The molecule has 0 unspecified atom stereocenters. The maximum Gasteiger partial charge on any atom is 0.419 e. The Hall–Kier alpha value is -4.05. The quantitative estimate of drug-likeness (QED) is 0.442. The molecule has 0 aliphatic carbocycles. The van der Waals surface area contributed by atoms with Crippen LogP contribution in [0.25, 0.3) is 11.1 Å². The summed E-state index contributed by atoms with van der Waals surface area (Å²) in [6, 6.07) is 20.6. The van der Waals surface area contributed by atoms with Gasteiger partial charge in [0.15, 0.2) is 11.7 Å². The lowest BCUT2D eigenvalue weighted by Crippen LogP contribution is -2.51. The van der Waals surface area contributed by atoms with E-state index in [0.29, 0.717) is 24.2 Å². The molecule has 1 aliphatic rings. The first-order chi connectivity index (χ1) is 16.8. The highest BCUT2D eigenvalue weighted by molar-refractivity contribution is 7.92. The number of sulfonamides is 1. The lowest BCUT2D eigenvalue weighted by Gasteiger charge is -2.34. The van der Waals surface area contributed by atoms with Crippen molar-refractivity contribution in [1.29, 1.82) is 0 Å². The first kappa shape index (κ1) is 22.7. The fourth-order valence-electron chi connectivity index (χ4n) is 4.06. The molecule has 0 bridgehead atoms. The monoisotopic (exact) mass is 493 g/mol. The van der Waals surface area contributed by atoms with E-state index in [-0.39, 0.29) is 22.8 Å². The number of nitrogens with one attached hydrogen (secondary N) is 1. The van der Waals surface area contributed by atoms with Gasteiger partial charge in [-0.15, -0.1) is 0 Å². The third kappa shape index (κ3) is 4.28. The van der Waals surface area contributed by atoms with Crippen LogP contribution in [0.3, 0.4) is 0 Å². The van der Waals surface area contributed by atoms with Crippen molar-refractivity contribution in [3.05, 3.63) is 88.9 Å². The summed E-state index contributed by atoms with van der Waals surface area (Å²) in [6.07, 6.45) is -0.394. The average Bonchev–Trinajstić information content (AvgIpc) is 3.16. The van der Waals surface area contributed by atoms with E-state index in [2.05, 4.69) is 5.32 Å². The van der Waals surface area contributed by atoms with Gasteiger partial charge in [0, 0.05) is 19.7 Å². The zero-order valence-electron chi connectivity index (χ0n) is 18.9. The molecule has 1 aromatic heterocycles. The fraction of sp³-hybridized carbons (Fsp3) is 0.200. The van der Waals surface area contributed by atoms with Gasteiger partial charge in [-0.2, -0.15) is 0 Å².